The van der Waals surface area contributed by atoms with Crippen LogP contribution in [0.1, 0.15) is 0 Å². The average molecular weight is 322 g/mol. The monoisotopic (exact) mass is 322 g/mol. The van der Waals surface area contributed by atoms with Crippen LogP contribution in [-0.2, 0) is 0 Å². The zero-order chi connectivity index (χ0) is 15.2. The summed E-state index contributed by atoms with van der Waals surface area (Å²) >= 11 is 1.27. The van der Waals surface area contributed by atoms with Crippen LogP contribution in [0.5, 0.6) is 0 Å². The van der Waals surface area contributed by atoms with Gasteiger partial charge in [-0.05, 0) is 21.5 Å². The maximum atomic E-state index is 13.8. The smallest absolute Gasteiger partial charge is 0.200 e. The van der Waals surface area contributed by atoms with E-state index in [0.717, 1.165) is 0 Å². The van der Waals surface area contributed by atoms with Gasteiger partial charge in [0.25, 0.3) is 0 Å². The fourth-order valence-corrected chi connectivity index (χ4v) is 5.20. The fourth-order valence-electron chi connectivity index (χ4n) is 1.93. The summed E-state index contributed by atoms with van der Waals surface area (Å²) in [5, 5.41) is 1.60. The lowest BCUT2D eigenvalue weighted by Gasteiger charge is -2.17. The lowest BCUT2D eigenvalue weighted by atomic mass is 10.1. The third-order valence-corrected chi connectivity index (χ3v) is 7.38. The third kappa shape index (κ3) is 2.29. The van der Waals surface area contributed by atoms with E-state index in [9.17, 15) is 22.0 Å². The Morgan fingerprint density at radius 2 is 1.25 bits per heavy atom. The minimum Gasteiger partial charge on any atom is -0.203 e. The van der Waals surface area contributed by atoms with Crippen molar-refractivity contribution in [1.29, 1.82) is 0 Å². The van der Waals surface area contributed by atoms with E-state index in [-0.39, 0.29) is 5.56 Å². The lowest BCUT2D eigenvalue weighted by molar-refractivity contribution is 0.381. The molecule has 0 unspecified atom stereocenters. The summed E-state index contributed by atoms with van der Waals surface area (Å²) in [5.41, 5.74) is -0.734. The lowest BCUT2D eigenvalue weighted by Crippen LogP contribution is -2.36. The Balaban J connectivity index is 2.82. The van der Waals surface area contributed by atoms with Gasteiger partial charge >= 0.3 is 0 Å². The van der Waals surface area contributed by atoms with Gasteiger partial charge < -0.3 is 0 Å². The van der Waals surface area contributed by atoms with E-state index in [0.29, 0.717) is 4.50 Å². The molecule has 0 bridgehead atoms. The number of thiophene rings is 1. The second kappa shape index (κ2) is 4.96. The average Bonchev–Trinajstić information content (AvgIpc) is 2.83. The number of halogens is 5. The van der Waals surface area contributed by atoms with Crippen LogP contribution in [0, 0.1) is 29.1 Å². The summed E-state index contributed by atoms with van der Waals surface area (Å²) in [6.07, 6.45) is 0. The predicted molar refractivity (Wildman–Crippen MR) is 72.5 cm³/mol. The standard InChI is InChI=1S/C13H11F5SSi/c1-20(2,3)13-6(4-5-19-13)7-8(14)10(16)12(18)11(17)9(7)15/h4-5H,1-3H3. The Labute approximate surface area is 117 Å². The SMILES string of the molecule is C[Si](C)(C)c1sccc1-c1c(F)c(F)c(F)c(F)c1F. The molecular formula is C13H11F5SSi. The Bertz CT molecular complexity index is 643. The molecule has 0 N–H and O–H groups in total. The van der Waals surface area contributed by atoms with Gasteiger partial charge in [0.05, 0.1) is 13.6 Å². The highest BCUT2D eigenvalue weighted by Crippen LogP contribution is 2.33. The first-order chi connectivity index (χ1) is 9.16. The maximum absolute atomic E-state index is 13.8. The van der Waals surface area contributed by atoms with Crippen molar-refractivity contribution in [2.24, 2.45) is 0 Å². The van der Waals surface area contributed by atoms with Gasteiger partial charge in [0, 0.05) is 0 Å². The quantitative estimate of drug-likeness (QED) is 0.327. The molecule has 20 heavy (non-hydrogen) atoms. The highest BCUT2D eigenvalue weighted by Gasteiger charge is 2.31. The number of rotatable bonds is 2. The molecule has 2 rings (SSSR count). The summed E-state index contributed by atoms with van der Waals surface area (Å²) in [7, 11) is -1.96. The van der Waals surface area contributed by atoms with E-state index in [1.165, 1.54) is 17.4 Å². The fraction of sp³-hybridized carbons (Fsp3) is 0.231. The molecule has 0 amide bonds. The number of hydrogen-bond donors (Lipinski definition) is 0. The van der Waals surface area contributed by atoms with Crippen LogP contribution in [0.15, 0.2) is 11.4 Å². The van der Waals surface area contributed by atoms with E-state index in [1.807, 2.05) is 19.6 Å². The third-order valence-electron chi connectivity index (χ3n) is 2.83. The molecule has 1 heterocycles. The van der Waals surface area contributed by atoms with Crippen molar-refractivity contribution in [3.63, 3.8) is 0 Å². The summed E-state index contributed by atoms with van der Waals surface area (Å²) < 4.78 is 68.0. The van der Waals surface area contributed by atoms with Gasteiger partial charge in [-0.3, -0.25) is 0 Å². The molecule has 1 aromatic carbocycles. The van der Waals surface area contributed by atoms with Crippen LogP contribution in [0.2, 0.25) is 19.6 Å². The van der Waals surface area contributed by atoms with Gasteiger partial charge in [-0.25, -0.2) is 22.0 Å². The molecule has 0 fully saturated rings. The topological polar surface area (TPSA) is 0 Å². The van der Waals surface area contributed by atoms with Crippen LogP contribution >= 0.6 is 11.3 Å². The van der Waals surface area contributed by atoms with Crippen molar-refractivity contribution in [1.82, 2.24) is 0 Å². The van der Waals surface area contributed by atoms with E-state index in [4.69, 9.17) is 0 Å². The molecule has 0 nitrogen and oxygen atoms in total. The Morgan fingerprint density at radius 3 is 1.70 bits per heavy atom. The van der Waals surface area contributed by atoms with Crippen molar-refractivity contribution in [3.05, 3.63) is 40.5 Å². The van der Waals surface area contributed by atoms with Crippen molar-refractivity contribution in [2.45, 2.75) is 19.6 Å². The highest BCUT2D eigenvalue weighted by atomic mass is 32.1. The van der Waals surface area contributed by atoms with E-state index in [2.05, 4.69) is 0 Å². The molecule has 0 radical (unpaired) electrons. The largest absolute Gasteiger partial charge is 0.203 e. The Morgan fingerprint density at radius 1 is 0.800 bits per heavy atom. The molecule has 0 spiro atoms. The first-order valence-corrected chi connectivity index (χ1v) is 10.1. The molecule has 7 heteroatoms. The normalized spacial score (nSPS) is 12.0. The van der Waals surface area contributed by atoms with Crippen molar-refractivity contribution >= 4 is 23.9 Å². The molecule has 108 valence electrons. The number of benzene rings is 1. The van der Waals surface area contributed by atoms with Crippen molar-refractivity contribution in [2.75, 3.05) is 0 Å². The predicted octanol–water partition coefficient (Wildman–Crippen LogP) is 4.66. The molecular weight excluding hydrogens is 311 g/mol. The molecule has 0 saturated heterocycles. The minimum absolute atomic E-state index is 0.0990. The van der Waals surface area contributed by atoms with Crippen molar-refractivity contribution in [3.8, 4) is 11.1 Å². The Kier molecular flexibility index (Phi) is 3.77. The van der Waals surface area contributed by atoms with Crippen LogP contribution < -0.4 is 4.50 Å². The zero-order valence-electron chi connectivity index (χ0n) is 11.0. The first-order valence-electron chi connectivity index (χ1n) is 5.76. The van der Waals surface area contributed by atoms with Gasteiger partial charge in [0.1, 0.15) is 0 Å². The summed E-state index contributed by atoms with van der Waals surface area (Å²) in [4.78, 5) is 0. The summed E-state index contributed by atoms with van der Waals surface area (Å²) in [6, 6.07) is 1.40. The molecule has 0 saturated carbocycles. The van der Waals surface area contributed by atoms with Gasteiger partial charge in [0.15, 0.2) is 23.3 Å². The molecule has 1 aromatic heterocycles. The Hall–Kier alpha value is -1.21. The molecule has 2 aromatic rings. The molecule has 0 atom stereocenters. The van der Waals surface area contributed by atoms with Gasteiger partial charge in [-0.2, -0.15) is 11.3 Å². The van der Waals surface area contributed by atoms with Crippen LogP contribution in [-0.4, -0.2) is 8.07 Å². The zero-order valence-corrected chi connectivity index (χ0v) is 12.8. The van der Waals surface area contributed by atoms with E-state index in [1.54, 1.807) is 5.38 Å². The highest BCUT2D eigenvalue weighted by molar-refractivity contribution is 7.26. The van der Waals surface area contributed by atoms with Gasteiger partial charge in [-0.1, -0.05) is 19.6 Å². The first kappa shape index (κ1) is 15.2. The number of hydrogen-bond acceptors (Lipinski definition) is 1. The molecule has 0 aliphatic rings. The minimum atomic E-state index is -2.13. The van der Waals surface area contributed by atoms with Crippen LogP contribution in [0.4, 0.5) is 22.0 Å². The van der Waals surface area contributed by atoms with Gasteiger partial charge in [-0.15, -0.1) is 0 Å². The van der Waals surface area contributed by atoms with Crippen LogP contribution in [0.3, 0.4) is 0 Å². The van der Waals surface area contributed by atoms with Crippen LogP contribution in [0.25, 0.3) is 11.1 Å². The second-order valence-corrected chi connectivity index (χ2v) is 11.6. The molecule has 0 aliphatic heterocycles. The summed E-state index contributed by atoms with van der Waals surface area (Å²) in [5.74, 6) is -9.51. The molecule has 0 aliphatic carbocycles. The maximum Gasteiger partial charge on any atom is 0.200 e. The van der Waals surface area contributed by atoms with E-state index >= 15 is 0 Å². The van der Waals surface area contributed by atoms with E-state index < -0.39 is 42.7 Å². The van der Waals surface area contributed by atoms with Crippen molar-refractivity contribution < 1.29 is 22.0 Å². The summed E-state index contributed by atoms with van der Waals surface area (Å²) in [6.45, 7) is 5.82. The second-order valence-electron chi connectivity index (χ2n) is 5.36. The van der Waals surface area contributed by atoms with Gasteiger partial charge in [0.2, 0.25) is 5.82 Å².